The van der Waals surface area contributed by atoms with Crippen LogP contribution in [0.3, 0.4) is 0 Å². The van der Waals surface area contributed by atoms with Crippen molar-refractivity contribution in [3.63, 3.8) is 0 Å². The second-order valence-electron chi connectivity index (χ2n) is 5.99. The smallest absolute Gasteiger partial charge is 0.260 e. The molecule has 28 heavy (non-hydrogen) atoms. The fourth-order valence-electron chi connectivity index (χ4n) is 2.46. The van der Waals surface area contributed by atoms with Gasteiger partial charge >= 0.3 is 0 Å². The van der Waals surface area contributed by atoms with Crippen molar-refractivity contribution < 1.29 is 14.3 Å². The van der Waals surface area contributed by atoms with Crippen molar-refractivity contribution in [3.8, 4) is 17.4 Å². The van der Waals surface area contributed by atoms with E-state index in [1.54, 1.807) is 36.5 Å². The molecule has 0 saturated carbocycles. The second kappa shape index (κ2) is 9.36. The summed E-state index contributed by atoms with van der Waals surface area (Å²) in [7, 11) is 0. The molecule has 1 amide bonds. The van der Waals surface area contributed by atoms with Crippen LogP contribution >= 0.6 is 0 Å². The maximum atomic E-state index is 12.2. The summed E-state index contributed by atoms with van der Waals surface area (Å²) in [6.07, 6.45) is 4.03. The Balaban J connectivity index is 1.67. The lowest BCUT2D eigenvalue weighted by Gasteiger charge is -2.11. The third-order valence-corrected chi connectivity index (χ3v) is 3.86. The van der Waals surface area contributed by atoms with E-state index in [1.807, 2.05) is 19.1 Å². The first kappa shape index (κ1) is 19.2. The Morgan fingerprint density at radius 1 is 1.11 bits per heavy atom. The first-order valence-electron chi connectivity index (χ1n) is 8.98. The summed E-state index contributed by atoms with van der Waals surface area (Å²) in [6, 6.07) is 13.9. The molecule has 0 spiro atoms. The molecule has 0 unspecified atom stereocenters. The van der Waals surface area contributed by atoms with Gasteiger partial charge in [0.05, 0.1) is 6.61 Å². The van der Waals surface area contributed by atoms with Crippen LogP contribution in [-0.2, 0) is 6.54 Å². The van der Waals surface area contributed by atoms with Gasteiger partial charge in [-0.1, -0.05) is 13.0 Å². The van der Waals surface area contributed by atoms with Gasteiger partial charge in [0.2, 0.25) is 5.88 Å². The van der Waals surface area contributed by atoms with Crippen LogP contribution in [0.4, 0.5) is 0 Å². The number of amides is 1. The fraction of sp³-hybridized carbons (Fsp3) is 0.190. The molecule has 0 aliphatic rings. The Morgan fingerprint density at radius 3 is 2.64 bits per heavy atom. The lowest BCUT2D eigenvalue weighted by Crippen LogP contribution is -2.29. The van der Waals surface area contributed by atoms with Gasteiger partial charge in [-0.05, 0) is 48.9 Å². The lowest BCUT2D eigenvalue weighted by atomic mass is 10.2. The number of aromatic nitrogens is 2. The number of hydrogen-bond acceptors (Lipinski definition) is 5. The first-order chi connectivity index (χ1) is 13.7. The van der Waals surface area contributed by atoms with Crippen molar-refractivity contribution in [2.45, 2.75) is 19.9 Å². The number of carbonyl (C=O) groups excluding carboxylic acids is 1. The summed E-state index contributed by atoms with van der Waals surface area (Å²) < 4.78 is 11.4. The van der Waals surface area contributed by atoms with Crippen LogP contribution in [0, 0.1) is 0 Å². The van der Waals surface area contributed by atoms with Crippen LogP contribution in [0.1, 0.15) is 29.3 Å². The normalized spacial score (nSPS) is 10.3. The standard InChI is InChI=1S/C21H21N3O4/c1-2-13-27-16-7-9-17(10-8-16)28-21-15(5-3-12-23-21)14-24-20(26)18-6-4-11-22-19(18)25/h3-12H,2,13-14H2,1H3,(H,22,25)(H,24,26). The van der Waals surface area contributed by atoms with E-state index in [4.69, 9.17) is 9.47 Å². The molecule has 144 valence electrons. The first-order valence-corrected chi connectivity index (χ1v) is 8.98. The number of H-pyrrole nitrogens is 1. The number of nitrogens with zero attached hydrogens (tertiary/aromatic N) is 1. The highest BCUT2D eigenvalue weighted by Crippen LogP contribution is 2.25. The van der Waals surface area contributed by atoms with E-state index < -0.39 is 11.5 Å². The SMILES string of the molecule is CCCOc1ccc(Oc2ncccc2CNC(=O)c2ccc[nH]c2=O)cc1. The Kier molecular flexibility index (Phi) is 6.41. The van der Waals surface area contributed by atoms with Crippen molar-refractivity contribution in [2.24, 2.45) is 0 Å². The zero-order valence-corrected chi connectivity index (χ0v) is 15.5. The van der Waals surface area contributed by atoms with E-state index in [2.05, 4.69) is 15.3 Å². The van der Waals surface area contributed by atoms with Crippen molar-refractivity contribution in [2.75, 3.05) is 6.61 Å². The molecule has 0 radical (unpaired) electrons. The minimum absolute atomic E-state index is 0.0523. The van der Waals surface area contributed by atoms with Crippen LogP contribution in [0.25, 0.3) is 0 Å². The molecular formula is C21H21N3O4. The Bertz CT molecular complexity index is 983. The second-order valence-corrected chi connectivity index (χ2v) is 5.99. The Labute approximate surface area is 162 Å². The van der Waals surface area contributed by atoms with Gasteiger partial charge in [-0.25, -0.2) is 4.98 Å². The number of aromatic amines is 1. The summed E-state index contributed by atoms with van der Waals surface area (Å²) in [4.78, 5) is 30.7. The topological polar surface area (TPSA) is 93.3 Å². The van der Waals surface area contributed by atoms with E-state index in [0.29, 0.717) is 23.8 Å². The molecule has 0 aliphatic carbocycles. The van der Waals surface area contributed by atoms with Crippen LogP contribution in [0.15, 0.2) is 65.7 Å². The van der Waals surface area contributed by atoms with E-state index in [-0.39, 0.29) is 12.1 Å². The van der Waals surface area contributed by atoms with Crippen molar-refractivity contribution in [1.29, 1.82) is 0 Å². The number of ether oxygens (including phenoxy) is 2. The van der Waals surface area contributed by atoms with Gasteiger partial charge in [-0.2, -0.15) is 0 Å². The van der Waals surface area contributed by atoms with Gasteiger partial charge < -0.3 is 19.8 Å². The number of carbonyl (C=O) groups is 1. The highest BCUT2D eigenvalue weighted by atomic mass is 16.5. The maximum absolute atomic E-state index is 12.2. The average Bonchev–Trinajstić information content (AvgIpc) is 2.73. The molecule has 3 rings (SSSR count). The van der Waals surface area contributed by atoms with Crippen LogP contribution in [0.5, 0.6) is 17.4 Å². The summed E-state index contributed by atoms with van der Waals surface area (Å²) in [5.41, 5.74) is 0.305. The molecule has 0 aliphatic heterocycles. The quantitative estimate of drug-likeness (QED) is 0.626. The molecular weight excluding hydrogens is 358 g/mol. The van der Waals surface area contributed by atoms with E-state index in [1.165, 1.54) is 12.3 Å². The molecule has 0 atom stereocenters. The largest absolute Gasteiger partial charge is 0.494 e. The van der Waals surface area contributed by atoms with Crippen LogP contribution in [0.2, 0.25) is 0 Å². The molecule has 1 aromatic carbocycles. The van der Waals surface area contributed by atoms with Crippen LogP contribution < -0.4 is 20.3 Å². The predicted octanol–water partition coefficient (Wildman–Crippen LogP) is 3.28. The highest BCUT2D eigenvalue weighted by molar-refractivity contribution is 5.93. The van der Waals surface area contributed by atoms with E-state index in [0.717, 1.165) is 12.2 Å². The Hall–Kier alpha value is -3.61. The van der Waals surface area contributed by atoms with E-state index in [9.17, 15) is 9.59 Å². The van der Waals surface area contributed by atoms with Gasteiger partial charge in [0.25, 0.3) is 11.5 Å². The predicted molar refractivity (Wildman–Crippen MR) is 105 cm³/mol. The van der Waals surface area contributed by atoms with E-state index >= 15 is 0 Å². The molecule has 3 aromatic rings. The molecule has 0 bridgehead atoms. The lowest BCUT2D eigenvalue weighted by molar-refractivity contribution is 0.0949. The number of benzene rings is 1. The molecule has 7 heteroatoms. The van der Waals surface area contributed by atoms with Gasteiger partial charge in [0.15, 0.2) is 0 Å². The van der Waals surface area contributed by atoms with Gasteiger partial charge in [0, 0.05) is 24.5 Å². The average molecular weight is 379 g/mol. The summed E-state index contributed by atoms with van der Waals surface area (Å²) in [6.45, 7) is 2.88. The Morgan fingerprint density at radius 2 is 1.89 bits per heavy atom. The summed E-state index contributed by atoms with van der Waals surface area (Å²) in [5.74, 6) is 1.30. The molecule has 0 saturated heterocycles. The van der Waals surface area contributed by atoms with Gasteiger partial charge in [0.1, 0.15) is 17.1 Å². The van der Waals surface area contributed by atoms with Crippen LogP contribution in [-0.4, -0.2) is 22.5 Å². The zero-order valence-electron chi connectivity index (χ0n) is 15.5. The van der Waals surface area contributed by atoms with Crippen molar-refractivity contribution in [1.82, 2.24) is 15.3 Å². The van der Waals surface area contributed by atoms with Gasteiger partial charge in [-0.3, -0.25) is 9.59 Å². The highest BCUT2D eigenvalue weighted by Gasteiger charge is 2.12. The molecule has 7 nitrogen and oxygen atoms in total. The minimum atomic E-state index is -0.464. The number of hydrogen-bond donors (Lipinski definition) is 2. The van der Waals surface area contributed by atoms with Crippen molar-refractivity contribution in [3.05, 3.63) is 82.4 Å². The zero-order chi connectivity index (χ0) is 19.8. The minimum Gasteiger partial charge on any atom is -0.494 e. The molecule has 2 heterocycles. The molecule has 0 fully saturated rings. The number of nitrogens with one attached hydrogen (secondary N) is 2. The maximum Gasteiger partial charge on any atom is 0.260 e. The molecule has 2 N–H and O–H groups in total. The monoisotopic (exact) mass is 379 g/mol. The van der Waals surface area contributed by atoms with Gasteiger partial charge in [-0.15, -0.1) is 0 Å². The third-order valence-electron chi connectivity index (χ3n) is 3.86. The fourth-order valence-corrected chi connectivity index (χ4v) is 2.46. The number of rotatable bonds is 8. The number of pyridine rings is 2. The summed E-state index contributed by atoms with van der Waals surface area (Å²) in [5, 5.41) is 2.72. The molecule has 2 aromatic heterocycles. The summed E-state index contributed by atoms with van der Waals surface area (Å²) >= 11 is 0. The van der Waals surface area contributed by atoms with Crippen molar-refractivity contribution >= 4 is 5.91 Å². The third kappa shape index (κ3) is 4.97.